The van der Waals surface area contributed by atoms with E-state index in [9.17, 15) is 14.4 Å². The normalized spacial score (nSPS) is 10.9. The first-order valence-electron chi connectivity index (χ1n) is 12.5. The third kappa shape index (κ3) is 7.85. The monoisotopic (exact) mass is 551 g/mol. The molecular formula is C32H29N3O4S. The fourth-order valence-corrected chi connectivity index (χ4v) is 4.46. The number of ether oxygens (including phenoxy) is 1. The number of para-hydroxylation sites is 2. The van der Waals surface area contributed by atoms with Gasteiger partial charge in [0.2, 0.25) is 5.91 Å². The number of amides is 3. The molecule has 0 radical (unpaired) electrons. The topological polar surface area (TPSA) is 96.5 Å². The van der Waals surface area contributed by atoms with Crippen LogP contribution >= 0.6 is 11.8 Å². The summed E-state index contributed by atoms with van der Waals surface area (Å²) in [4.78, 5) is 39.4. The van der Waals surface area contributed by atoms with Crippen molar-refractivity contribution in [1.29, 1.82) is 0 Å². The summed E-state index contributed by atoms with van der Waals surface area (Å²) in [7, 11) is 1.55. The van der Waals surface area contributed by atoms with Crippen molar-refractivity contribution < 1.29 is 19.1 Å². The van der Waals surface area contributed by atoms with Crippen molar-refractivity contribution in [3.05, 3.63) is 126 Å². The van der Waals surface area contributed by atoms with E-state index in [-0.39, 0.29) is 23.3 Å². The summed E-state index contributed by atoms with van der Waals surface area (Å²) >= 11 is 1.37. The van der Waals surface area contributed by atoms with Gasteiger partial charge < -0.3 is 20.7 Å². The number of nitrogens with one attached hydrogen (secondary N) is 3. The van der Waals surface area contributed by atoms with E-state index in [1.54, 1.807) is 61.7 Å². The Bertz CT molecular complexity index is 1520. The van der Waals surface area contributed by atoms with Crippen LogP contribution in [0.15, 0.2) is 114 Å². The number of carbonyl (C=O) groups excluding carboxylic acids is 3. The molecule has 0 heterocycles. The number of carbonyl (C=O) groups is 3. The minimum absolute atomic E-state index is 0.120. The van der Waals surface area contributed by atoms with Gasteiger partial charge in [-0.1, -0.05) is 54.6 Å². The van der Waals surface area contributed by atoms with Crippen molar-refractivity contribution in [3.8, 4) is 5.75 Å². The molecule has 0 aliphatic rings. The van der Waals surface area contributed by atoms with Gasteiger partial charge in [0.1, 0.15) is 11.4 Å². The second-order valence-corrected chi connectivity index (χ2v) is 9.80. The zero-order valence-electron chi connectivity index (χ0n) is 22.1. The van der Waals surface area contributed by atoms with E-state index in [4.69, 9.17) is 4.74 Å². The minimum Gasteiger partial charge on any atom is -0.495 e. The second kappa shape index (κ2) is 13.8. The average molecular weight is 552 g/mol. The molecule has 0 atom stereocenters. The van der Waals surface area contributed by atoms with Crippen molar-refractivity contribution in [2.45, 2.75) is 11.8 Å². The van der Waals surface area contributed by atoms with Gasteiger partial charge in [-0.05, 0) is 72.7 Å². The van der Waals surface area contributed by atoms with E-state index < -0.39 is 5.91 Å². The van der Waals surface area contributed by atoms with E-state index in [2.05, 4.69) is 16.0 Å². The molecule has 7 nitrogen and oxygen atoms in total. The molecule has 4 aromatic carbocycles. The van der Waals surface area contributed by atoms with Gasteiger partial charge in [0.15, 0.2) is 0 Å². The van der Waals surface area contributed by atoms with Gasteiger partial charge in [0.25, 0.3) is 11.8 Å². The molecule has 0 aliphatic heterocycles. The third-order valence-corrected chi connectivity index (χ3v) is 6.89. The highest BCUT2D eigenvalue weighted by atomic mass is 32.2. The summed E-state index contributed by atoms with van der Waals surface area (Å²) in [5.41, 5.74) is 3.52. The number of aryl methyl sites for hydroxylation is 1. The van der Waals surface area contributed by atoms with Gasteiger partial charge in [-0.25, -0.2) is 0 Å². The number of methoxy groups -OCH3 is 1. The molecule has 0 spiro atoms. The summed E-state index contributed by atoms with van der Waals surface area (Å²) in [5.74, 6) is -0.194. The Labute approximate surface area is 237 Å². The van der Waals surface area contributed by atoms with Gasteiger partial charge in [-0.15, -0.1) is 11.8 Å². The molecule has 0 unspecified atom stereocenters. The SMILES string of the molecule is COc1ccccc1NC(=O)CSc1ccc(NC(=O)/C(=C/c2ccccc2C)NC(=O)c2ccccc2)cc1. The fraction of sp³-hybridized carbons (Fsp3) is 0.0938. The highest BCUT2D eigenvalue weighted by Gasteiger charge is 2.16. The first-order chi connectivity index (χ1) is 19.4. The van der Waals surface area contributed by atoms with Crippen molar-refractivity contribution in [2.75, 3.05) is 23.5 Å². The second-order valence-electron chi connectivity index (χ2n) is 8.75. The molecule has 3 amide bonds. The first kappa shape index (κ1) is 28.2. The van der Waals surface area contributed by atoms with Crippen LogP contribution in [0.4, 0.5) is 11.4 Å². The molecule has 0 saturated heterocycles. The smallest absolute Gasteiger partial charge is 0.272 e. The van der Waals surface area contributed by atoms with Crippen LogP contribution in [0.1, 0.15) is 21.5 Å². The van der Waals surface area contributed by atoms with Crippen LogP contribution in [0.2, 0.25) is 0 Å². The largest absolute Gasteiger partial charge is 0.495 e. The van der Waals surface area contributed by atoms with Crippen molar-refractivity contribution >= 4 is 46.9 Å². The molecule has 0 fully saturated rings. The number of hydrogen-bond donors (Lipinski definition) is 3. The van der Waals surface area contributed by atoms with Crippen LogP contribution in [-0.4, -0.2) is 30.6 Å². The summed E-state index contributed by atoms with van der Waals surface area (Å²) in [5, 5.41) is 8.46. The molecule has 4 rings (SSSR count). The maximum atomic E-state index is 13.3. The molecule has 4 aromatic rings. The maximum Gasteiger partial charge on any atom is 0.272 e. The molecule has 0 aromatic heterocycles. The van der Waals surface area contributed by atoms with Crippen LogP contribution in [0, 0.1) is 6.92 Å². The van der Waals surface area contributed by atoms with Gasteiger partial charge in [-0.2, -0.15) is 0 Å². The van der Waals surface area contributed by atoms with E-state index >= 15 is 0 Å². The Morgan fingerprint density at radius 3 is 2.20 bits per heavy atom. The highest BCUT2D eigenvalue weighted by molar-refractivity contribution is 8.00. The molecule has 40 heavy (non-hydrogen) atoms. The Balaban J connectivity index is 1.41. The van der Waals surface area contributed by atoms with Gasteiger partial charge in [0.05, 0.1) is 18.6 Å². The van der Waals surface area contributed by atoms with Gasteiger partial charge in [-0.3, -0.25) is 14.4 Å². The number of benzene rings is 4. The van der Waals surface area contributed by atoms with Crippen molar-refractivity contribution in [1.82, 2.24) is 5.32 Å². The lowest BCUT2D eigenvalue weighted by molar-refractivity contribution is -0.114. The molecule has 3 N–H and O–H groups in total. The third-order valence-electron chi connectivity index (χ3n) is 5.88. The van der Waals surface area contributed by atoms with E-state index in [0.717, 1.165) is 16.0 Å². The van der Waals surface area contributed by atoms with Crippen LogP contribution in [0.25, 0.3) is 6.08 Å². The molecular weight excluding hydrogens is 522 g/mol. The van der Waals surface area contributed by atoms with E-state index in [0.29, 0.717) is 22.7 Å². The lowest BCUT2D eigenvalue weighted by Crippen LogP contribution is -2.30. The minimum atomic E-state index is -0.455. The molecule has 0 aliphatic carbocycles. The molecule has 8 heteroatoms. The van der Waals surface area contributed by atoms with E-state index in [1.165, 1.54) is 11.8 Å². The van der Waals surface area contributed by atoms with Crippen molar-refractivity contribution in [3.63, 3.8) is 0 Å². The summed E-state index contributed by atoms with van der Waals surface area (Å²) in [6.45, 7) is 1.94. The van der Waals surface area contributed by atoms with Gasteiger partial charge in [0, 0.05) is 16.1 Å². The number of rotatable bonds is 10. The standard InChI is InChI=1S/C32H29N3O4S/c1-22-10-6-7-13-24(22)20-28(35-31(37)23-11-4-3-5-12-23)32(38)33-25-16-18-26(19-17-25)40-21-30(36)34-27-14-8-9-15-29(27)39-2/h3-20H,21H2,1-2H3,(H,33,38)(H,34,36)(H,35,37)/b28-20-. The van der Waals surface area contributed by atoms with Crippen LogP contribution < -0.4 is 20.7 Å². The predicted molar refractivity (Wildman–Crippen MR) is 160 cm³/mol. The zero-order valence-corrected chi connectivity index (χ0v) is 23.0. The Kier molecular flexibility index (Phi) is 9.74. The first-order valence-corrected chi connectivity index (χ1v) is 13.5. The number of hydrogen-bond acceptors (Lipinski definition) is 5. The Hall–Kier alpha value is -4.82. The Morgan fingerprint density at radius 2 is 1.48 bits per heavy atom. The number of anilines is 2. The summed E-state index contributed by atoms with van der Waals surface area (Å²) in [6.07, 6.45) is 1.66. The summed E-state index contributed by atoms with van der Waals surface area (Å²) < 4.78 is 5.27. The molecule has 0 bridgehead atoms. The highest BCUT2D eigenvalue weighted by Crippen LogP contribution is 2.25. The summed E-state index contributed by atoms with van der Waals surface area (Å²) in [6, 6.07) is 30.7. The number of thioether (sulfide) groups is 1. The lowest BCUT2D eigenvalue weighted by atomic mass is 10.1. The zero-order chi connectivity index (χ0) is 28.3. The average Bonchev–Trinajstić information content (AvgIpc) is 2.98. The van der Waals surface area contributed by atoms with Gasteiger partial charge >= 0.3 is 0 Å². The maximum absolute atomic E-state index is 13.3. The van der Waals surface area contributed by atoms with Crippen molar-refractivity contribution in [2.24, 2.45) is 0 Å². The predicted octanol–water partition coefficient (Wildman–Crippen LogP) is 6.14. The lowest BCUT2D eigenvalue weighted by Gasteiger charge is -2.12. The van der Waals surface area contributed by atoms with Crippen LogP contribution in [-0.2, 0) is 9.59 Å². The molecule has 0 saturated carbocycles. The van der Waals surface area contributed by atoms with Crippen LogP contribution in [0.3, 0.4) is 0 Å². The quantitative estimate of drug-likeness (QED) is 0.162. The Morgan fingerprint density at radius 1 is 0.800 bits per heavy atom. The molecule has 202 valence electrons. The van der Waals surface area contributed by atoms with Crippen LogP contribution in [0.5, 0.6) is 5.75 Å². The van der Waals surface area contributed by atoms with E-state index in [1.807, 2.05) is 61.5 Å². The fourth-order valence-electron chi connectivity index (χ4n) is 3.76.